The van der Waals surface area contributed by atoms with Crippen molar-refractivity contribution in [3.05, 3.63) is 27.7 Å². The molecule has 0 unspecified atom stereocenters. The summed E-state index contributed by atoms with van der Waals surface area (Å²) in [6.07, 6.45) is 0. The number of carbonyl (C=O) groups is 1. The first-order valence-electron chi connectivity index (χ1n) is 4.34. The van der Waals surface area contributed by atoms with Crippen LogP contribution in [-0.2, 0) is 6.54 Å². The Labute approximate surface area is 103 Å². The van der Waals surface area contributed by atoms with Crippen molar-refractivity contribution in [2.45, 2.75) is 6.54 Å². The molecule has 0 saturated heterocycles. The minimum absolute atomic E-state index is 0.215. The van der Waals surface area contributed by atoms with Gasteiger partial charge in [0.1, 0.15) is 5.75 Å². The molecule has 0 heterocycles. The van der Waals surface area contributed by atoms with E-state index in [1.54, 1.807) is 12.1 Å². The maximum atomic E-state index is 10.9. The number of methoxy groups -OCH3 is 1. The Bertz CT molecular complexity index is 399. The molecular formula is C9H11Cl2N3O2. The molecule has 1 aromatic rings. The van der Waals surface area contributed by atoms with Gasteiger partial charge in [-0.2, -0.15) is 0 Å². The van der Waals surface area contributed by atoms with Crippen LogP contribution in [0.3, 0.4) is 0 Å². The van der Waals surface area contributed by atoms with Crippen molar-refractivity contribution in [1.82, 2.24) is 10.7 Å². The lowest BCUT2D eigenvalue weighted by Crippen LogP contribution is -2.39. The summed E-state index contributed by atoms with van der Waals surface area (Å²) in [5, 5.41) is 3.36. The highest BCUT2D eigenvalue weighted by Crippen LogP contribution is 2.31. The molecule has 0 atom stereocenters. The number of hydrazine groups is 1. The summed E-state index contributed by atoms with van der Waals surface area (Å²) in [7, 11) is 1.49. The minimum atomic E-state index is -0.502. The lowest BCUT2D eigenvalue weighted by atomic mass is 10.2. The molecule has 0 aliphatic heterocycles. The maximum absolute atomic E-state index is 10.9. The van der Waals surface area contributed by atoms with E-state index in [4.69, 9.17) is 33.8 Å². The fourth-order valence-corrected chi connectivity index (χ4v) is 1.81. The average Bonchev–Trinajstić information content (AvgIpc) is 2.25. The van der Waals surface area contributed by atoms with Crippen LogP contribution in [0.1, 0.15) is 5.56 Å². The quantitative estimate of drug-likeness (QED) is 0.441. The molecule has 0 radical (unpaired) electrons. The van der Waals surface area contributed by atoms with Gasteiger partial charge in [-0.25, -0.2) is 10.6 Å². The number of halogens is 2. The molecule has 16 heavy (non-hydrogen) atoms. The van der Waals surface area contributed by atoms with Crippen molar-refractivity contribution in [3.8, 4) is 5.75 Å². The van der Waals surface area contributed by atoms with Crippen LogP contribution >= 0.6 is 23.2 Å². The minimum Gasteiger partial charge on any atom is -0.495 e. The monoisotopic (exact) mass is 263 g/mol. The van der Waals surface area contributed by atoms with E-state index >= 15 is 0 Å². The van der Waals surface area contributed by atoms with Crippen LogP contribution in [0.2, 0.25) is 10.0 Å². The summed E-state index contributed by atoms with van der Waals surface area (Å²) in [4.78, 5) is 10.9. The smallest absolute Gasteiger partial charge is 0.329 e. The average molecular weight is 264 g/mol. The molecule has 0 bridgehead atoms. The zero-order chi connectivity index (χ0) is 12.1. The first-order valence-corrected chi connectivity index (χ1v) is 5.10. The molecule has 0 saturated carbocycles. The Hall–Kier alpha value is -1.17. The molecule has 0 spiro atoms. The summed E-state index contributed by atoms with van der Waals surface area (Å²) >= 11 is 11.8. The largest absolute Gasteiger partial charge is 0.495 e. The van der Waals surface area contributed by atoms with Crippen LogP contribution in [-0.4, -0.2) is 13.1 Å². The van der Waals surface area contributed by atoms with Crippen molar-refractivity contribution >= 4 is 29.2 Å². The number of carbonyl (C=O) groups excluding carboxylic acids is 1. The van der Waals surface area contributed by atoms with Gasteiger partial charge in [-0.3, -0.25) is 5.43 Å². The van der Waals surface area contributed by atoms with E-state index in [1.165, 1.54) is 7.11 Å². The van der Waals surface area contributed by atoms with Gasteiger partial charge in [0.15, 0.2) is 0 Å². The van der Waals surface area contributed by atoms with Crippen LogP contribution < -0.4 is 21.3 Å². The Kier molecular flexibility index (Phi) is 4.67. The van der Waals surface area contributed by atoms with Gasteiger partial charge in [-0.15, -0.1) is 0 Å². The highest BCUT2D eigenvalue weighted by Gasteiger charge is 2.10. The molecule has 0 aliphatic rings. The number of hydrogen-bond donors (Lipinski definition) is 3. The van der Waals surface area contributed by atoms with Crippen molar-refractivity contribution in [3.63, 3.8) is 0 Å². The Morgan fingerprint density at radius 1 is 1.50 bits per heavy atom. The number of nitrogens with two attached hydrogens (primary N) is 1. The molecule has 1 aromatic carbocycles. The Morgan fingerprint density at radius 2 is 2.19 bits per heavy atom. The van der Waals surface area contributed by atoms with Crippen molar-refractivity contribution < 1.29 is 9.53 Å². The molecule has 5 nitrogen and oxygen atoms in total. The predicted octanol–water partition coefficient (Wildman–Crippen LogP) is 1.67. The second kappa shape index (κ2) is 5.79. The number of amides is 2. The summed E-state index contributed by atoms with van der Waals surface area (Å²) in [5.74, 6) is 5.40. The fraction of sp³-hybridized carbons (Fsp3) is 0.222. The van der Waals surface area contributed by atoms with Crippen LogP contribution in [0.5, 0.6) is 5.75 Å². The summed E-state index contributed by atoms with van der Waals surface area (Å²) in [6.45, 7) is 0.215. The second-order valence-electron chi connectivity index (χ2n) is 2.91. The van der Waals surface area contributed by atoms with Crippen LogP contribution in [0.25, 0.3) is 0 Å². The Morgan fingerprint density at radius 3 is 2.75 bits per heavy atom. The molecular weight excluding hydrogens is 253 g/mol. The number of ether oxygens (including phenoxy) is 1. The molecule has 88 valence electrons. The predicted molar refractivity (Wildman–Crippen MR) is 62.6 cm³/mol. The third-order valence-corrected chi connectivity index (χ3v) is 2.36. The van der Waals surface area contributed by atoms with Crippen molar-refractivity contribution in [1.29, 1.82) is 0 Å². The SMILES string of the molecule is COc1c(Cl)cc(Cl)cc1CNC(=O)NN. The number of urea groups is 1. The van der Waals surface area contributed by atoms with Crippen molar-refractivity contribution in [2.24, 2.45) is 5.84 Å². The van der Waals surface area contributed by atoms with E-state index in [-0.39, 0.29) is 6.54 Å². The highest BCUT2D eigenvalue weighted by molar-refractivity contribution is 6.35. The van der Waals surface area contributed by atoms with Gasteiger partial charge in [0.2, 0.25) is 0 Å². The van der Waals surface area contributed by atoms with Gasteiger partial charge >= 0.3 is 6.03 Å². The summed E-state index contributed by atoms with van der Waals surface area (Å²) in [6, 6.07) is 2.72. The first-order chi connectivity index (χ1) is 7.58. The molecule has 4 N–H and O–H groups in total. The van der Waals surface area contributed by atoms with Gasteiger partial charge in [0.25, 0.3) is 0 Å². The number of rotatable bonds is 3. The number of nitrogens with one attached hydrogen (secondary N) is 2. The summed E-state index contributed by atoms with van der Waals surface area (Å²) < 4.78 is 5.10. The van der Waals surface area contributed by atoms with Gasteiger partial charge in [0, 0.05) is 17.1 Å². The van der Waals surface area contributed by atoms with Crippen LogP contribution in [0, 0.1) is 0 Å². The lowest BCUT2D eigenvalue weighted by molar-refractivity contribution is 0.240. The van der Waals surface area contributed by atoms with Crippen molar-refractivity contribution in [2.75, 3.05) is 7.11 Å². The summed E-state index contributed by atoms with van der Waals surface area (Å²) in [5.41, 5.74) is 2.62. The zero-order valence-corrected chi connectivity index (χ0v) is 10.0. The maximum Gasteiger partial charge on any atom is 0.329 e. The third kappa shape index (κ3) is 3.16. The Balaban J connectivity index is 2.89. The third-order valence-electron chi connectivity index (χ3n) is 1.86. The molecule has 0 fully saturated rings. The first kappa shape index (κ1) is 12.9. The second-order valence-corrected chi connectivity index (χ2v) is 3.75. The van der Waals surface area contributed by atoms with E-state index in [2.05, 4.69) is 5.32 Å². The van der Waals surface area contributed by atoms with Gasteiger partial charge in [-0.05, 0) is 12.1 Å². The molecule has 7 heteroatoms. The van der Waals surface area contributed by atoms with Gasteiger partial charge < -0.3 is 10.1 Å². The van der Waals surface area contributed by atoms with Crippen LogP contribution in [0.4, 0.5) is 4.79 Å². The van der Waals surface area contributed by atoms with E-state index in [0.717, 1.165) is 0 Å². The molecule has 2 amide bonds. The van der Waals surface area contributed by atoms with E-state index in [1.807, 2.05) is 5.43 Å². The van der Waals surface area contributed by atoms with E-state index < -0.39 is 6.03 Å². The topological polar surface area (TPSA) is 76.4 Å². The molecule has 0 aliphatic carbocycles. The molecule has 0 aromatic heterocycles. The number of hydrogen-bond acceptors (Lipinski definition) is 3. The standard InChI is InChI=1S/C9H11Cl2N3O2/c1-16-8-5(4-13-9(15)14-12)2-6(10)3-7(8)11/h2-3H,4,12H2,1H3,(H2,13,14,15). The highest BCUT2D eigenvalue weighted by atomic mass is 35.5. The fourth-order valence-electron chi connectivity index (χ4n) is 1.20. The lowest BCUT2D eigenvalue weighted by Gasteiger charge is -2.11. The van der Waals surface area contributed by atoms with E-state index in [9.17, 15) is 4.79 Å². The van der Waals surface area contributed by atoms with Gasteiger partial charge in [0.05, 0.1) is 12.1 Å². The van der Waals surface area contributed by atoms with Gasteiger partial charge in [-0.1, -0.05) is 23.2 Å². The zero-order valence-electron chi connectivity index (χ0n) is 8.51. The van der Waals surface area contributed by atoms with Crippen LogP contribution in [0.15, 0.2) is 12.1 Å². The number of benzene rings is 1. The normalized spacial score (nSPS) is 9.75. The van der Waals surface area contributed by atoms with E-state index in [0.29, 0.717) is 21.4 Å². The molecule has 1 rings (SSSR count).